The summed E-state index contributed by atoms with van der Waals surface area (Å²) in [6.45, 7) is 1.77. The van der Waals surface area contributed by atoms with Gasteiger partial charge in [-0.15, -0.1) is 0 Å². The average Bonchev–Trinajstić information content (AvgIpc) is 2.72. The zero-order valence-corrected chi connectivity index (χ0v) is 17.2. The molecule has 0 radical (unpaired) electrons. The Kier molecular flexibility index (Phi) is 5.36. The van der Waals surface area contributed by atoms with Crippen molar-refractivity contribution in [1.82, 2.24) is 9.97 Å². The maximum Gasteiger partial charge on any atom is 0.416 e. The first kappa shape index (κ1) is 22.0. The Hall–Kier alpha value is -4.21. The predicted octanol–water partition coefficient (Wildman–Crippen LogP) is 5.56. The van der Waals surface area contributed by atoms with Crippen molar-refractivity contribution in [2.75, 3.05) is 10.6 Å². The quantitative estimate of drug-likeness (QED) is 0.395. The van der Waals surface area contributed by atoms with Crippen molar-refractivity contribution in [2.45, 2.75) is 13.1 Å². The number of carbonyl (C=O) groups is 1. The molecule has 4 aromatic rings. The Morgan fingerprint density at radius 1 is 1.00 bits per heavy atom. The van der Waals surface area contributed by atoms with Crippen LogP contribution >= 0.6 is 0 Å². The van der Waals surface area contributed by atoms with Gasteiger partial charge >= 0.3 is 12.2 Å². The van der Waals surface area contributed by atoms with Crippen LogP contribution in [0.15, 0.2) is 60.8 Å². The molecule has 2 amide bonds. The van der Waals surface area contributed by atoms with Crippen LogP contribution < -0.4 is 16.4 Å². The molecule has 4 N–H and O–H groups in total. The summed E-state index contributed by atoms with van der Waals surface area (Å²) in [5.41, 5.74) is 12.7. The van der Waals surface area contributed by atoms with Gasteiger partial charge in [0.05, 0.1) is 22.5 Å². The van der Waals surface area contributed by atoms with E-state index in [0.717, 1.165) is 27.5 Å². The van der Waals surface area contributed by atoms with Crippen LogP contribution in [0.1, 0.15) is 11.1 Å². The number of benzene rings is 3. The first-order chi connectivity index (χ1) is 15.5. The maximum absolute atomic E-state index is 13.9. The van der Waals surface area contributed by atoms with Gasteiger partial charge in [-0.05, 0) is 66.1 Å². The summed E-state index contributed by atoms with van der Waals surface area (Å²) in [7, 11) is 0. The van der Waals surface area contributed by atoms with Crippen LogP contribution in [0, 0.1) is 12.7 Å². The molecule has 0 aliphatic rings. The zero-order chi connectivity index (χ0) is 23.9. The summed E-state index contributed by atoms with van der Waals surface area (Å²) in [4.78, 5) is 21.1. The van der Waals surface area contributed by atoms with Crippen LogP contribution in [0.5, 0.6) is 0 Å². The number of nitrogen functional groups attached to an aromatic ring is 1. The van der Waals surface area contributed by atoms with E-state index in [1.807, 2.05) is 12.1 Å². The molecule has 10 heteroatoms. The summed E-state index contributed by atoms with van der Waals surface area (Å²) in [6.07, 6.45) is -3.19. The first-order valence-corrected chi connectivity index (χ1v) is 9.63. The van der Waals surface area contributed by atoms with E-state index < -0.39 is 23.6 Å². The Labute approximate surface area is 185 Å². The van der Waals surface area contributed by atoms with Crippen LogP contribution in [0.4, 0.5) is 39.7 Å². The number of urea groups is 1. The first-order valence-electron chi connectivity index (χ1n) is 9.63. The average molecular weight is 455 g/mol. The van der Waals surface area contributed by atoms with Crippen molar-refractivity contribution in [3.8, 4) is 11.1 Å². The summed E-state index contributed by atoms with van der Waals surface area (Å²) in [5.74, 6) is -0.980. The number of primary amides is 1. The minimum Gasteiger partial charge on any atom is -0.368 e. The third-order valence-corrected chi connectivity index (χ3v) is 5.07. The number of hydrogen-bond donors (Lipinski definition) is 2. The lowest BCUT2D eigenvalue weighted by molar-refractivity contribution is -0.137. The second-order valence-corrected chi connectivity index (χ2v) is 7.37. The lowest BCUT2D eigenvalue weighted by Crippen LogP contribution is -2.31. The van der Waals surface area contributed by atoms with E-state index in [9.17, 15) is 22.4 Å². The van der Waals surface area contributed by atoms with Gasteiger partial charge in [-0.25, -0.2) is 19.2 Å². The lowest BCUT2D eigenvalue weighted by atomic mass is 9.98. The highest BCUT2D eigenvalue weighted by atomic mass is 19.4. The van der Waals surface area contributed by atoms with E-state index in [0.29, 0.717) is 23.2 Å². The van der Waals surface area contributed by atoms with E-state index in [4.69, 9.17) is 11.5 Å². The number of alkyl halides is 3. The van der Waals surface area contributed by atoms with Gasteiger partial charge in [0, 0.05) is 11.6 Å². The van der Waals surface area contributed by atoms with Gasteiger partial charge in [0.25, 0.3) is 0 Å². The molecule has 0 atom stereocenters. The predicted molar refractivity (Wildman–Crippen MR) is 117 cm³/mol. The molecule has 6 nitrogen and oxygen atoms in total. The van der Waals surface area contributed by atoms with Crippen LogP contribution in [0.3, 0.4) is 0 Å². The second kappa shape index (κ2) is 8.05. The SMILES string of the molecule is Cc1cc(N(C(N)=O)c2cc(F)cc(C(F)(F)F)c2)ccc1-c1ccc2nc(N)ncc2c1. The van der Waals surface area contributed by atoms with Gasteiger partial charge in [0.2, 0.25) is 5.95 Å². The molecule has 3 aromatic carbocycles. The molecule has 4 rings (SSSR count). The number of hydrogen-bond acceptors (Lipinski definition) is 4. The van der Waals surface area contributed by atoms with Gasteiger partial charge in [0.15, 0.2) is 0 Å². The van der Waals surface area contributed by atoms with Gasteiger partial charge in [-0.1, -0.05) is 12.1 Å². The number of halogens is 4. The molecule has 33 heavy (non-hydrogen) atoms. The van der Waals surface area contributed by atoms with E-state index in [1.54, 1.807) is 31.3 Å². The Balaban J connectivity index is 1.77. The summed E-state index contributed by atoms with van der Waals surface area (Å²) >= 11 is 0. The molecule has 0 saturated carbocycles. The van der Waals surface area contributed by atoms with Crippen LogP contribution in [-0.4, -0.2) is 16.0 Å². The number of aryl methyl sites for hydroxylation is 1. The minimum atomic E-state index is -4.79. The Morgan fingerprint density at radius 3 is 2.42 bits per heavy atom. The van der Waals surface area contributed by atoms with Gasteiger partial charge < -0.3 is 11.5 Å². The third-order valence-electron chi connectivity index (χ3n) is 5.07. The lowest BCUT2D eigenvalue weighted by Gasteiger charge is -2.23. The van der Waals surface area contributed by atoms with E-state index in [2.05, 4.69) is 9.97 Å². The Morgan fingerprint density at radius 2 is 1.76 bits per heavy atom. The molecule has 1 aromatic heterocycles. The van der Waals surface area contributed by atoms with Crippen molar-refractivity contribution >= 4 is 34.3 Å². The second-order valence-electron chi connectivity index (χ2n) is 7.37. The smallest absolute Gasteiger partial charge is 0.368 e. The fraction of sp³-hybridized carbons (Fsp3) is 0.0870. The number of amides is 2. The Bertz CT molecular complexity index is 1390. The highest BCUT2D eigenvalue weighted by molar-refractivity contribution is 5.99. The number of carbonyl (C=O) groups excluding carboxylic acids is 1. The van der Waals surface area contributed by atoms with Crippen molar-refractivity contribution in [3.63, 3.8) is 0 Å². The molecule has 0 aliphatic carbocycles. The fourth-order valence-corrected chi connectivity index (χ4v) is 3.60. The summed E-state index contributed by atoms with van der Waals surface area (Å²) in [5, 5.41) is 0.767. The molecule has 0 bridgehead atoms. The third kappa shape index (κ3) is 4.40. The van der Waals surface area contributed by atoms with Crippen molar-refractivity contribution in [1.29, 1.82) is 0 Å². The number of fused-ring (bicyclic) bond motifs is 1. The maximum atomic E-state index is 13.9. The molecule has 0 unspecified atom stereocenters. The molecular formula is C23H17F4N5O. The summed E-state index contributed by atoms with van der Waals surface area (Å²) < 4.78 is 53.3. The van der Waals surface area contributed by atoms with Crippen molar-refractivity contribution in [2.24, 2.45) is 5.73 Å². The summed E-state index contributed by atoms with van der Waals surface area (Å²) in [6, 6.07) is 11.1. The number of nitrogens with zero attached hydrogens (tertiary/aromatic N) is 3. The van der Waals surface area contributed by atoms with E-state index >= 15 is 0 Å². The molecule has 0 saturated heterocycles. The van der Waals surface area contributed by atoms with Gasteiger partial charge in [0.1, 0.15) is 5.82 Å². The fourth-order valence-electron chi connectivity index (χ4n) is 3.60. The molecular weight excluding hydrogens is 438 g/mol. The number of aromatic nitrogens is 2. The van der Waals surface area contributed by atoms with Crippen LogP contribution in [0.25, 0.3) is 22.0 Å². The van der Waals surface area contributed by atoms with E-state index in [-0.39, 0.29) is 17.3 Å². The monoisotopic (exact) mass is 455 g/mol. The molecule has 0 fully saturated rings. The number of nitrogens with two attached hydrogens (primary N) is 2. The normalized spacial score (nSPS) is 11.5. The standard InChI is InChI=1S/C23H17F4N5O/c1-12-6-17(32(22(29)33)18-9-15(23(25,26)27)8-16(24)10-18)3-4-19(12)13-2-5-20-14(7-13)11-30-21(28)31-20/h2-11H,1H3,(H2,29,33)(H2,28,30,31). The van der Waals surface area contributed by atoms with Crippen molar-refractivity contribution < 1.29 is 22.4 Å². The van der Waals surface area contributed by atoms with Crippen LogP contribution in [-0.2, 0) is 6.18 Å². The topological polar surface area (TPSA) is 98.1 Å². The molecule has 0 aliphatic heterocycles. The van der Waals surface area contributed by atoms with Crippen molar-refractivity contribution in [3.05, 3.63) is 77.7 Å². The largest absolute Gasteiger partial charge is 0.416 e. The number of rotatable bonds is 3. The molecule has 0 spiro atoms. The minimum absolute atomic E-state index is 0.161. The zero-order valence-electron chi connectivity index (χ0n) is 17.2. The number of anilines is 3. The highest BCUT2D eigenvalue weighted by Gasteiger charge is 2.32. The molecule has 1 heterocycles. The molecule has 168 valence electrons. The van der Waals surface area contributed by atoms with Crippen LogP contribution in [0.2, 0.25) is 0 Å². The highest BCUT2D eigenvalue weighted by Crippen LogP contribution is 2.36. The van der Waals surface area contributed by atoms with Gasteiger partial charge in [-0.2, -0.15) is 13.2 Å². The van der Waals surface area contributed by atoms with E-state index in [1.165, 1.54) is 6.07 Å². The van der Waals surface area contributed by atoms with Gasteiger partial charge in [-0.3, -0.25) is 4.90 Å².